The summed E-state index contributed by atoms with van der Waals surface area (Å²) in [5, 5.41) is 9.84. The van der Waals surface area contributed by atoms with Crippen LogP contribution in [0.1, 0.15) is 36.6 Å². The lowest BCUT2D eigenvalue weighted by Crippen LogP contribution is -2.33. The lowest BCUT2D eigenvalue weighted by Gasteiger charge is -2.31. The van der Waals surface area contributed by atoms with E-state index in [0.29, 0.717) is 6.54 Å². The normalized spacial score (nSPS) is 16.4. The Balaban J connectivity index is 1.83. The van der Waals surface area contributed by atoms with Crippen molar-refractivity contribution >= 4 is 0 Å². The number of pyridine rings is 1. The van der Waals surface area contributed by atoms with Gasteiger partial charge in [-0.3, -0.25) is 9.69 Å². The fourth-order valence-electron chi connectivity index (χ4n) is 3.23. The molecule has 1 fully saturated rings. The maximum absolute atomic E-state index is 11.9. The van der Waals surface area contributed by atoms with Crippen molar-refractivity contribution in [2.75, 3.05) is 13.1 Å². The predicted molar refractivity (Wildman–Crippen MR) is 96.3 cm³/mol. The molecule has 0 aliphatic carbocycles. The van der Waals surface area contributed by atoms with Crippen LogP contribution in [0.2, 0.25) is 0 Å². The molecule has 3 rings (SSSR count). The highest BCUT2D eigenvalue weighted by Gasteiger charge is 2.17. The molecule has 0 bridgehead atoms. The molecule has 1 aliphatic rings. The van der Waals surface area contributed by atoms with Crippen molar-refractivity contribution in [2.45, 2.75) is 39.8 Å². The Morgan fingerprint density at radius 3 is 2.46 bits per heavy atom. The third kappa shape index (κ3) is 4.06. The zero-order chi connectivity index (χ0) is 17.1. The van der Waals surface area contributed by atoms with Crippen molar-refractivity contribution in [3.05, 3.63) is 63.6 Å². The Labute approximate surface area is 143 Å². The average Bonchev–Trinajstić information content (AvgIpc) is 2.56. The van der Waals surface area contributed by atoms with Gasteiger partial charge in [-0.05, 0) is 44.3 Å². The van der Waals surface area contributed by atoms with E-state index in [1.54, 1.807) is 12.3 Å². The Kier molecular flexibility index (Phi) is 5.05. The maximum atomic E-state index is 11.9. The Morgan fingerprint density at radius 2 is 1.79 bits per heavy atom. The average molecular weight is 326 g/mol. The molecule has 1 saturated heterocycles. The summed E-state index contributed by atoms with van der Waals surface area (Å²) in [7, 11) is 0. The van der Waals surface area contributed by atoms with Crippen molar-refractivity contribution in [2.24, 2.45) is 5.92 Å². The van der Waals surface area contributed by atoms with E-state index in [2.05, 4.69) is 43.0 Å². The second kappa shape index (κ2) is 7.22. The highest BCUT2D eigenvalue weighted by Crippen LogP contribution is 2.19. The highest BCUT2D eigenvalue weighted by atomic mass is 16.3. The Hall–Kier alpha value is -2.07. The summed E-state index contributed by atoms with van der Waals surface area (Å²) in [6.07, 6.45) is 3.99. The van der Waals surface area contributed by atoms with Gasteiger partial charge in [-0.15, -0.1) is 0 Å². The molecule has 2 aromatic rings. The molecular weight excluding hydrogens is 300 g/mol. The summed E-state index contributed by atoms with van der Waals surface area (Å²) in [4.78, 5) is 14.3. The van der Waals surface area contributed by atoms with E-state index in [0.717, 1.165) is 36.8 Å². The van der Waals surface area contributed by atoms with Crippen molar-refractivity contribution < 1.29 is 5.11 Å². The molecule has 0 atom stereocenters. The minimum atomic E-state index is -0.296. The van der Waals surface area contributed by atoms with E-state index in [-0.39, 0.29) is 11.2 Å². The van der Waals surface area contributed by atoms with Gasteiger partial charge in [0.2, 0.25) is 5.43 Å². The molecule has 24 heavy (non-hydrogen) atoms. The number of hydrogen-bond donors (Lipinski definition) is 1. The molecule has 0 radical (unpaired) electrons. The second-order valence-corrected chi connectivity index (χ2v) is 7.09. The van der Waals surface area contributed by atoms with Gasteiger partial charge in [0.1, 0.15) is 0 Å². The summed E-state index contributed by atoms with van der Waals surface area (Å²) < 4.78 is 2.00. The van der Waals surface area contributed by atoms with E-state index >= 15 is 0 Å². The number of nitrogens with zero attached hydrogens (tertiary/aromatic N) is 2. The van der Waals surface area contributed by atoms with Crippen molar-refractivity contribution in [3.8, 4) is 5.75 Å². The summed E-state index contributed by atoms with van der Waals surface area (Å²) in [6.45, 7) is 7.92. The van der Waals surface area contributed by atoms with Crippen LogP contribution >= 0.6 is 0 Å². The molecule has 1 aromatic heterocycles. The molecule has 0 saturated carbocycles. The Bertz CT molecular complexity index is 741. The first-order valence-electron chi connectivity index (χ1n) is 8.71. The topological polar surface area (TPSA) is 45.5 Å². The van der Waals surface area contributed by atoms with Crippen LogP contribution in [0.25, 0.3) is 0 Å². The van der Waals surface area contributed by atoms with Crippen LogP contribution in [0.15, 0.2) is 41.3 Å². The highest BCUT2D eigenvalue weighted by molar-refractivity contribution is 5.25. The van der Waals surface area contributed by atoms with Gasteiger partial charge in [0.15, 0.2) is 5.75 Å². The third-order valence-corrected chi connectivity index (χ3v) is 4.93. The van der Waals surface area contributed by atoms with Gasteiger partial charge in [-0.1, -0.05) is 36.8 Å². The van der Waals surface area contributed by atoms with Gasteiger partial charge < -0.3 is 9.67 Å². The molecule has 1 aromatic carbocycles. The summed E-state index contributed by atoms with van der Waals surface area (Å²) in [5.74, 6) is 0.606. The lowest BCUT2D eigenvalue weighted by atomic mass is 9.99. The first-order valence-corrected chi connectivity index (χ1v) is 8.71. The largest absolute Gasteiger partial charge is 0.503 e. The fourth-order valence-corrected chi connectivity index (χ4v) is 3.23. The number of piperidine rings is 1. The first kappa shape index (κ1) is 16.8. The van der Waals surface area contributed by atoms with Crippen LogP contribution in [0.5, 0.6) is 5.75 Å². The van der Waals surface area contributed by atoms with Crippen LogP contribution < -0.4 is 5.43 Å². The molecule has 1 N–H and O–H groups in total. The van der Waals surface area contributed by atoms with Crippen LogP contribution in [-0.4, -0.2) is 27.7 Å². The standard InChI is InChI=1S/C20H26N2O2/c1-15-3-5-17(6-4-15)12-22-14-20(24)19(23)11-18(22)13-21-9-7-16(2)8-10-21/h3-6,11,14,16,24H,7-10,12-13H2,1-2H3. The van der Waals surface area contributed by atoms with E-state index in [1.807, 2.05) is 4.57 Å². The quantitative estimate of drug-likeness (QED) is 0.939. The molecule has 4 nitrogen and oxygen atoms in total. The zero-order valence-electron chi connectivity index (χ0n) is 14.5. The number of hydrogen-bond acceptors (Lipinski definition) is 3. The van der Waals surface area contributed by atoms with Gasteiger partial charge >= 0.3 is 0 Å². The zero-order valence-corrected chi connectivity index (χ0v) is 14.5. The molecule has 128 valence electrons. The van der Waals surface area contributed by atoms with Gasteiger partial charge in [0, 0.05) is 24.8 Å². The van der Waals surface area contributed by atoms with Gasteiger partial charge in [0.05, 0.1) is 6.20 Å². The summed E-state index contributed by atoms with van der Waals surface area (Å²) in [6, 6.07) is 9.95. The van der Waals surface area contributed by atoms with E-state index in [9.17, 15) is 9.90 Å². The third-order valence-electron chi connectivity index (χ3n) is 4.93. The lowest BCUT2D eigenvalue weighted by molar-refractivity contribution is 0.181. The molecule has 0 amide bonds. The molecule has 4 heteroatoms. The second-order valence-electron chi connectivity index (χ2n) is 7.09. The van der Waals surface area contributed by atoms with Crippen LogP contribution in [-0.2, 0) is 13.1 Å². The van der Waals surface area contributed by atoms with Gasteiger partial charge in [-0.2, -0.15) is 0 Å². The van der Waals surface area contributed by atoms with Gasteiger partial charge in [-0.25, -0.2) is 0 Å². The van der Waals surface area contributed by atoms with Crippen molar-refractivity contribution in [3.63, 3.8) is 0 Å². The molecule has 2 heterocycles. The van der Waals surface area contributed by atoms with E-state index in [1.165, 1.54) is 18.4 Å². The number of aryl methyl sites for hydroxylation is 1. The van der Waals surface area contributed by atoms with E-state index in [4.69, 9.17) is 0 Å². The minimum absolute atomic E-state index is 0.182. The van der Waals surface area contributed by atoms with Crippen LogP contribution in [0.3, 0.4) is 0 Å². The smallest absolute Gasteiger partial charge is 0.223 e. The molecule has 0 spiro atoms. The predicted octanol–water partition coefficient (Wildman–Crippen LogP) is 3.14. The number of likely N-dealkylation sites (tertiary alicyclic amines) is 1. The Morgan fingerprint density at radius 1 is 1.12 bits per heavy atom. The van der Waals surface area contributed by atoms with Gasteiger partial charge in [0.25, 0.3) is 0 Å². The maximum Gasteiger partial charge on any atom is 0.223 e. The SMILES string of the molecule is Cc1ccc(Cn2cc(O)c(=O)cc2CN2CCC(C)CC2)cc1. The number of rotatable bonds is 4. The van der Waals surface area contributed by atoms with Crippen LogP contribution in [0.4, 0.5) is 0 Å². The number of aromatic nitrogens is 1. The fraction of sp³-hybridized carbons (Fsp3) is 0.450. The summed E-state index contributed by atoms with van der Waals surface area (Å²) in [5.41, 5.74) is 3.06. The van der Waals surface area contributed by atoms with Crippen molar-refractivity contribution in [1.82, 2.24) is 9.47 Å². The molecule has 1 aliphatic heterocycles. The minimum Gasteiger partial charge on any atom is -0.503 e. The monoisotopic (exact) mass is 326 g/mol. The molecule has 0 unspecified atom stereocenters. The summed E-state index contributed by atoms with van der Waals surface area (Å²) >= 11 is 0. The van der Waals surface area contributed by atoms with Crippen LogP contribution in [0, 0.1) is 12.8 Å². The molecular formula is C20H26N2O2. The van der Waals surface area contributed by atoms with Crippen molar-refractivity contribution in [1.29, 1.82) is 0 Å². The van der Waals surface area contributed by atoms with E-state index < -0.39 is 0 Å². The number of aromatic hydroxyl groups is 1. The number of benzene rings is 1. The first-order chi connectivity index (χ1) is 11.5.